The van der Waals surface area contributed by atoms with Crippen LogP contribution in [0.1, 0.15) is 11.3 Å². The van der Waals surface area contributed by atoms with Gasteiger partial charge in [0, 0.05) is 25.4 Å². The zero-order valence-corrected chi connectivity index (χ0v) is 13.3. The number of nitrogens with zero attached hydrogens (tertiary/aromatic N) is 2. The molecule has 0 aliphatic heterocycles. The Balaban J connectivity index is 1.95. The van der Waals surface area contributed by atoms with Gasteiger partial charge in [0.05, 0.1) is 4.90 Å². The maximum Gasteiger partial charge on any atom is 0.238 e. The van der Waals surface area contributed by atoms with E-state index < -0.39 is 10.0 Å². The summed E-state index contributed by atoms with van der Waals surface area (Å²) in [5.41, 5.74) is 1.89. The predicted octanol–water partition coefficient (Wildman–Crippen LogP) is 1.13. The van der Waals surface area contributed by atoms with E-state index in [-0.39, 0.29) is 4.90 Å². The van der Waals surface area contributed by atoms with Gasteiger partial charge in [0.2, 0.25) is 16.0 Å². The Morgan fingerprint density at radius 1 is 1.18 bits per heavy atom. The van der Waals surface area contributed by atoms with Crippen molar-refractivity contribution in [2.24, 2.45) is 5.14 Å². The van der Waals surface area contributed by atoms with Crippen LogP contribution in [0.5, 0.6) is 0 Å². The van der Waals surface area contributed by atoms with Gasteiger partial charge in [-0.2, -0.15) is 4.98 Å². The fourth-order valence-electron chi connectivity index (χ4n) is 1.95. The zero-order valence-electron chi connectivity index (χ0n) is 12.5. The minimum absolute atomic E-state index is 0.120. The zero-order chi connectivity index (χ0) is 16.2. The van der Waals surface area contributed by atoms with Crippen LogP contribution in [0, 0.1) is 6.92 Å². The molecule has 0 radical (unpaired) electrons. The van der Waals surface area contributed by atoms with E-state index in [2.05, 4.69) is 20.6 Å². The molecule has 2 aromatic rings. The Bertz CT molecular complexity index is 744. The number of hydrogen-bond donors (Lipinski definition) is 3. The molecule has 0 atom stereocenters. The van der Waals surface area contributed by atoms with Crippen LogP contribution in [-0.2, 0) is 16.4 Å². The van der Waals surface area contributed by atoms with E-state index in [0.29, 0.717) is 12.5 Å². The van der Waals surface area contributed by atoms with Gasteiger partial charge in [0.15, 0.2) is 0 Å². The molecule has 4 N–H and O–H groups in total. The second-order valence-corrected chi connectivity index (χ2v) is 6.40. The van der Waals surface area contributed by atoms with Crippen molar-refractivity contribution >= 4 is 21.8 Å². The molecular weight excluding hydrogens is 302 g/mol. The van der Waals surface area contributed by atoms with Crippen LogP contribution < -0.4 is 15.8 Å². The molecule has 0 fully saturated rings. The molecule has 7 nitrogen and oxygen atoms in total. The molecule has 0 aliphatic rings. The van der Waals surface area contributed by atoms with Crippen molar-refractivity contribution in [2.45, 2.75) is 18.2 Å². The average Bonchev–Trinajstić information content (AvgIpc) is 2.46. The van der Waals surface area contributed by atoms with Crippen LogP contribution in [0.25, 0.3) is 0 Å². The smallest absolute Gasteiger partial charge is 0.238 e. The molecule has 1 aromatic heterocycles. The molecule has 0 spiro atoms. The lowest BCUT2D eigenvalue weighted by Gasteiger charge is -2.08. The first-order valence-electron chi connectivity index (χ1n) is 6.77. The van der Waals surface area contributed by atoms with Crippen molar-refractivity contribution < 1.29 is 8.42 Å². The average molecular weight is 321 g/mol. The van der Waals surface area contributed by atoms with Crippen molar-refractivity contribution in [3.8, 4) is 0 Å². The van der Waals surface area contributed by atoms with Gasteiger partial charge in [-0.05, 0) is 31.0 Å². The van der Waals surface area contributed by atoms with E-state index in [1.54, 1.807) is 19.2 Å². The summed E-state index contributed by atoms with van der Waals surface area (Å²) in [5, 5.41) is 11.2. The monoisotopic (exact) mass is 321 g/mol. The first-order chi connectivity index (χ1) is 10.4. The summed E-state index contributed by atoms with van der Waals surface area (Å²) in [5.74, 6) is 1.32. The largest absolute Gasteiger partial charge is 0.370 e. The van der Waals surface area contributed by atoms with Gasteiger partial charge in [-0.1, -0.05) is 12.1 Å². The second kappa shape index (κ2) is 6.71. The summed E-state index contributed by atoms with van der Waals surface area (Å²) in [7, 11) is -1.87. The minimum Gasteiger partial charge on any atom is -0.370 e. The van der Waals surface area contributed by atoms with E-state index in [1.165, 1.54) is 12.1 Å². The highest BCUT2D eigenvalue weighted by molar-refractivity contribution is 7.89. The Morgan fingerprint density at radius 2 is 1.86 bits per heavy atom. The molecule has 0 saturated carbocycles. The molecule has 1 heterocycles. The van der Waals surface area contributed by atoms with Gasteiger partial charge in [-0.15, -0.1) is 0 Å². The lowest BCUT2D eigenvalue weighted by Crippen LogP contribution is -2.12. The number of aromatic nitrogens is 2. The van der Waals surface area contributed by atoms with Gasteiger partial charge in [-0.3, -0.25) is 0 Å². The van der Waals surface area contributed by atoms with Crippen LogP contribution in [0.15, 0.2) is 35.2 Å². The summed E-state index contributed by atoms with van der Waals surface area (Å²) >= 11 is 0. The van der Waals surface area contributed by atoms with Crippen molar-refractivity contribution in [1.29, 1.82) is 0 Å². The van der Waals surface area contributed by atoms with Crippen LogP contribution in [0.4, 0.5) is 11.8 Å². The molecule has 0 unspecified atom stereocenters. The molecule has 0 amide bonds. The number of rotatable bonds is 6. The number of nitrogens with one attached hydrogen (secondary N) is 2. The number of primary sulfonamides is 1. The van der Waals surface area contributed by atoms with Crippen LogP contribution in [0.3, 0.4) is 0 Å². The molecule has 0 aliphatic carbocycles. The lowest BCUT2D eigenvalue weighted by atomic mass is 10.1. The molecular formula is C14H19N5O2S. The number of anilines is 2. The second-order valence-electron chi connectivity index (χ2n) is 4.83. The predicted molar refractivity (Wildman–Crippen MR) is 86.3 cm³/mol. The van der Waals surface area contributed by atoms with Gasteiger partial charge < -0.3 is 10.6 Å². The van der Waals surface area contributed by atoms with E-state index in [4.69, 9.17) is 5.14 Å². The summed E-state index contributed by atoms with van der Waals surface area (Å²) in [6.07, 6.45) is 0.739. The maximum atomic E-state index is 11.2. The van der Waals surface area contributed by atoms with Crippen LogP contribution in [0.2, 0.25) is 0 Å². The number of nitrogens with two attached hydrogens (primary N) is 1. The Kier molecular flexibility index (Phi) is 4.94. The first kappa shape index (κ1) is 16.2. The Labute approximate surface area is 130 Å². The fourth-order valence-corrected chi connectivity index (χ4v) is 2.47. The summed E-state index contributed by atoms with van der Waals surface area (Å²) < 4.78 is 22.4. The van der Waals surface area contributed by atoms with Gasteiger partial charge in [-0.25, -0.2) is 18.5 Å². The standard InChI is InChI=1S/C14H19N5O2S/c1-10-9-13(19-14(16-2)18-10)17-8-7-11-3-5-12(6-4-11)22(15,20)21/h3-6,9H,7-8H2,1-2H3,(H2,15,20,21)(H2,16,17,18,19). The summed E-state index contributed by atoms with van der Waals surface area (Å²) in [6, 6.07) is 8.40. The lowest BCUT2D eigenvalue weighted by molar-refractivity contribution is 0.598. The van der Waals surface area contributed by atoms with Crippen LogP contribution in [-0.4, -0.2) is 32.0 Å². The molecule has 0 bridgehead atoms. The van der Waals surface area contributed by atoms with E-state index in [1.807, 2.05) is 13.0 Å². The first-order valence-corrected chi connectivity index (χ1v) is 8.32. The fraction of sp³-hybridized carbons (Fsp3) is 0.286. The molecule has 22 heavy (non-hydrogen) atoms. The molecule has 1 aromatic carbocycles. The van der Waals surface area contributed by atoms with E-state index >= 15 is 0 Å². The Hall–Kier alpha value is -2.19. The summed E-state index contributed by atoms with van der Waals surface area (Å²) in [6.45, 7) is 2.58. The number of sulfonamides is 1. The normalized spacial score (nSPS) is 11.2. The third-order valence-electron chi connectivity index (χ3n) is 3.05. The highest BCUT2D eigenvalue weighted by atomic mass is 32.2. The topological polar surface area (TPSA) is 110 Å². The Morgan fingerprint density at radius 3 is 2.45 bits per heavy atom. The summed E-state index contributed by atoms with van der Waals surface area (Å²) in [4.78, 5) is 8.64. The highest BCUT2D eigenvalue weighted by Crippen LogP contribution is 2.11. The van der Waals surface area contributed by atoms with E-state index in [9.17, 15) is 8.42 Å². The van der Waals surface area contributed by atoms with Crippen molar-refractivity contribution in [2.75, 3.05) is 24.2 Å². The van der Waals surface area contributed by atoms with Crippen molar-refractivity contribution in [1.82, 2.24) is 9.97 Å². The van der Waals surface area contributed by atoms with Gasteiger partial charge in [0.1, 0.15) is 5.82 Å². The molecule has 118 valence electrons. The SMILES string of the molecule is CNc1nc(C)cc(NCCc2ccc(S(N)(=O)=O)cc2)n1. The highest BCUT2D eigenvalue weighted by Gasteiger charge is 2.06. The van der Waals surface area contributed by atoms with Gasteiger partial charge in [0.25, 0.3) is 0 Å². The van der Waals surface area contributed by atoms with Gasteiger partial charge >= 0.3 is 0 Å². The third kappa shape index (κ3) is 4.40. The van der Waals surface area contributed by atoms with Crippen molar-refractivity contribution in [3.05, 3.63) is 41.6 Å². The molecule has 0 saturated heterocycles. The van der Waals surface area contributed by atoms with E-state index in [0.717, 1.165) is 23.5 Å². The minimum atomic E-state index is -3.64. The van der Waals surface area contributed by atoms with Crippen molar-refractivity contribution in [3.63, 3.8) is 0 Å². The maximum absolute atomic E-state index is 11.2. The number of benzene rings is 1. The molecule has 2 rings (SSSR count). The number of hydrogen-bond acceptors (Lipinski definition) is 6. The third-order valence-corrected chi connectivity index (χ3v) is 3.98. The molecule has 8 heteroatoms. The number of aryl methyl sites for hydroxylation is 1. The quantitative estimate of drug-likeness (QED) is 0.735. The van der Waals surface area contributed by atoms with Crippen LogP contribution >= 0.6 is 0 Å².